The molecule has 0 unspecified atom stereocenters. The highest BCUT2D eigenvalue weighted by atomic mass is 79.9. The number of hydrogen-bond acceptors (Lipinski definition) is 3. The SMILES string of the molecule is CCN(CC)C(=O)CN(Cc1ccc(Cl)c(Cl)c1)S(=O)(=O)c1ccc(Br)cc1. The molecule has 2 rings (SSSR count). The monoisotopic (exact) mass is 506 g/mol. The topological polar surface area (TPSA) is 57.7 Å². The summed E-state index contributed by atoms with van der Waals surface area (Å²) in [6.45, 7) is 4.47. The van der Waals surface area contributed by atoms with E-state index in [4.69, 9.17) is 23.2 Å². The average Bonchev–Trinajstić information content (AvgIpc) is 2.65. The maximum absolute atomic E-state index is 13.2. The van der Waals surface area contributed by atoms with Gasteiger partial charge in [0.1, 0.15) is 0 Å². The molecular weight excluding hydrogens is 487 g/mol. The Balaban J connectivity index is 2.40. The largest absolute Gasteiger partial charge is 0.342 e. The first kappa shape index (κ1) is 23.2. The molecule has 9 heteroatoms. The Hall–Kier alpha value is -1.12. The van der Waals surface area contributed by atoms with E-state index in [1.165, 1.54) is 12.1 Å². The molecule has 0 bridgehead atoms. The van der Waals surface area contributed by atoms with Gasteiger partial charge in [0.05, 0.1) is 21.5 Å². The molecule has 0 aromatic heterocycles. The van der Waals surface area contributed by atoms with Gasteiger partial charge in [0.25, 0.3) is 0 Å². The van der Waals surface area contributed by atoms with Crippen LogP contribution in [0.3, 0.4) is 0 Å². The second kappa shape index (κ2) is 10.1. The van der Waals surface area contributed by atoms with Gasteiger partial charge in [-0.2, -0.15) is 4.31 Å². The van der Waals surface area contributed by atoms with E-state index in [0.29, 0.717) is 28.7 Å². The highest BCUT2D eigenvalue weighted by Gasteiger charge is 2.28. The zero-order valence-electron chi connectivity index (χ0n) is 15.5. The normalized spacial score (nSPS) is 11.6. The zero-order valence-corrected chi connectivity index (χ0v) is 19.4. The summed E-state index contributed by atoms with van der Waals surface area (Å²) < 4.78 is 28.4. The van der Waals surface area contributed by atoms with Crippen LogP contribution in [0.25, 0.3) is 0 Å². The van der Waals surface area contributed by atoms with E-state index in [-0.39, 0.29) is 23.9 Å². The number of sulfonamides is 1. The molecule has 0 heterocycles. The van der Waals surface area contributed by atoms with Gasteiger partial charge in [-0.25, -0.2) is 8.42 Å². The van der Waals surface area contributed by atoms with Gasteiger partial charge in [0.15, 0.2) is 0 Å². The van der Waals surface area contributed by atoms with Crippen LogP contribution in [-0.2, 0) is 21.4 Å². The first-order valence-electron chi connectivity index (χ1n) is 8.66. The van der Waals surface area contributed by atoms with Crippen molar-refractivity contribution in [3.8, 4) is 0 Å². The van der Waals surface area contributed by atoms with Gasteiger partial charge >= 0.3 is 0 Å². The second-order valence-electron chi connectivity index (χ2n) is 6.04. The Labute approximate surface area is 184 Å². The zero-order chi connectivity index (χ0) is 20.9. The average molecular weight is 508 g/mol. The van der Waals surface area contributed by atoms with E-state index >= 15 is 0 Å². The van der Waals surface area contributed by atoms with Crippen LogP contribution in [0.15, 0.2) is 51.8 Å². The standard InChI is InChI=1S/C19H21BrCl2N2O3S/c1-3-23(4-2)19(25)13-24(12-14-5-10-17(21)18(22)11-14)28(26,27)16-8-6-15(20)7-9-16/h5-11H,3-4,12-13H2,1-2H3. The van der Waals surface area contributed by atoms with Gasteiger partial charge < -0.3 is 4.90 Å². The number of benzene rings is 2. The summed E-state index contributed by atoms with van der Waals surface area (Å²) in [5.74, 6) is -0.259. The first-order valence-corrected chi connectivity index (χ1v) is 11.6. The minimum atomic E-state index is -3.90. The molecule has 28 heavy (non-hydrogen) atoms. The van der Waals surface area contributed by atoms with E-state index < -0.39 is 10.0 Å². The van der Waals surface area contributed by atoms with E-state index in [1.54, 1.807) is 35.2 Å². The minimum Gasteiger partial charge on any atom is -0.342 e. The Morgan fingerprint density at radius 3 is 2.14 bits per heavy atom. The van der Waals surface area contributed by atoms with Crippen molar-refractivity contribution < 1.29 is 13.2 Å². The van der Waals surface area contributed by atoms with Crippen molar-refractivity contribution in [1.29, 1.82) is 0 Å². The molecule has 5 nitrogen and oxygen atoms in total. The number of amides is 1. The van der Waals surface area contributed by atoms with E-state index in [9.17, 15) is 13.2 Å². The van der Waals surface area contributed by atoms with Crippen LogP contribution in [0.4, 0.5) is 0 Å². The van der Waals surface area contributed by atoms with Crippen molar-refractivity contribution in [1.82, 2.24) is 9.21 Å². The predicted molar refractivity (Wildman–Crippen MR) is 116 cm³/mol. The molecule has 0 saturated heterocycles. The van der Waals surface area contributed by atoms with Crippen molar-refractivity contribution in [3.05, 3.63) is 62.5 Å². The predicted octanol–water partition coefficient (Wildman–Crippen LogP) is 4.82. The Bertz CT molecular complexity index is 933. The molecule has 0 aliphatic heterocycles. The lowest BCUT2D eigenvalue weighted by atomic mass is 10.2. The summed E-state index contributed by atoms with van der Waals surface area (Å²) >= 11 is 15.3. The third-order valence-electron chi connectivity index (χ3n) is 4.22. The fourth-order valence-corrected chi connectivity index (χ4v) is 4.61. The third-order valence-corrected chi connectivity index (χ3v) is 7.30. The molecule has 2 aromatic rings. The van der Waals surface area contributed by atoms with Crippen LogP contribution in [0.1, 0.15) is 19.4 Å². The third kappa shape index (κ3) is 5.70. The second-order valence-corrected chi connectivity index (χ2v) is 9.71. The fraction of sp³-hybridized carbons (Fsp3) is 0.316. The molecule has 1 amide bonds. The Morgan fingerprint density at radius 1 is 1.00 bits per heavy atom. The van der Waals surface area contributed by atoms with Crippen molar-refractivity contribution >= 4 is 55.1 Å². The quantitative estimate of drug-likeness (QED) is 0.514. The van der Waals surface area contributed by atoms with Gasteiger partial charge in [-0.1, -0.05) is 45.2 Å². The number of carbonyl (C=O) groups is 1. The van der Waals surface area contributed by atoms with Crippen LogP contribution in [0.2, 0.25) is 10.0 Å². The highest BCUT2D eigenvalue weighted by molar-refractivity contribution is 9.10. The number of halogens is 3. The van der Waals surface area contributed by atoms with Crippen molar-refractivity contribution in [2.24, 2.45) is 0 Å². The molecule has 0 aliphatic carbocycles. The summed E-state index contributed by atoms with van der Waals surface area (Å²) in [4.78, 5) is 14.3. The van der Waals surface area contributed by atoms with Crippen LogP contribution in [0.5, 0.6) is 0 Å². The van der Waals surface area contributed by atoms with Crippen molar-refractivity contribution in [2.45, 2.75) is 25.3 Å². The van der Waals surface area contributed by atoms with Gasteiger partial charge in [-0.3, -0.25) is 4.79 Å². The maximum atomic E-state index is 13.2. The summed E-state index contributed by atoms with van der Waals surface area (Å²) in [6, 6.07) is 11.2. The lowest BCUT2D eigenvalue weighted by molar-refractivity contribution is -0.131. The van der Waals surface area contributed by atoms with Crippen LogP contribution < -0.4 is 0 Å². The Morgan fingerprint density at radius 2 is 1.61 bits per heavy atom. The summed E-state index contributed by atoms with van der Waals surface area (Å²) in [5.41, 5.74) is 0.641. The van der Waals surface area contributed by atoms with Crippen LogP contribution in [-0.4, -0.2) is 43.2 Å². The lowest BCUT2D eigenvalue weighted by Gasteiger charge is -2.26. The highest BCUT2D eigenvalue weighted by Crippen LogP contribution is 2.25. The van der Waals surface area contributed by atoms with Gasteiger partial charge in [-0.05, 0) is 55.8 Å². The lowest BCUT2D eigenvalue weighted by Crippen LogP contribution is -2.42. The van der Waals surface area contributed by atoms with Gasteiger partial charge in [0.2, 0.25) is 15.9 Å². The Kier molecular flexibility index (Phi) is 8.33. The number of likely N-dealkylation sites (N-methyl/N-ethyl adjacent to an activating group) is 1. The van der Waals surface area contributed by atoms with Crippen LogP contribution in [0, 0.1) is 0 Å². The number of rotatable bonds is 8. The molecule has 2 aromatic carbocycles. The number of carbonyl (C=O) groups excluding carboxylic acids is 1. The molecule has 0 saturated carbocycles. The molecule has 0 N–H and O–H groups in total. The molecule has 0 atom stereocenters. The van der Waals surface area contributed by atoms with Crippen LogP contribution >= 0.6 is 39.1 Å². The first-order chi connectivity index (χ1) is 13.2. The molecule has 0 spiro atoms. The molecule has 0 aliphatic rings. The maximum Gasteiger partial charge on any atom is 0.243 e. The van der Waals surface area contributed by atoms with E-state index in [1.807, 2.05) is 13.8 Å². The molecule has 152 valence electrons. The number of nitrogens with zero attached hydrogens (tertiary/aromatic N) is 2. The summed E-state index contributed by atoms with van der Waals surface area (Å²) in [6.07, 6.45) is 0. The minimum absolute atomic E-state index is 0.00228. The summed E-state index contributed by atoms with van der Waals surface area (Å²) in [7, 11) is -3.90. The van der Waals surface area contributed by atoms with E-state index in [0.717, 1.165) is 8.78 Å². The molecule has 0 fully saturated rings. The van der Waals surface area contributed by atoms with Crippen molar-refractivity contribution in [2.75, 3.05) is 19.6 Å². The van der Waals surface area contributed by atoms with Crippen molar-refractivity contribution in [3.63, 3.8) is 0 Å². The fourth-order valence-electron chi connectivity index (χ4n) is 2.65. The van der Waals surface area contributed by atoms with E-state index in [2.05, 4.69) is 15.9 Å². The smallest absolute Gasteiger partial charge is 0.243 e. The van der Waals surface area contributed by atoms with Gasteiger partial charge in [-0.15, -0.1) is 0 Å². The molecular formula is C19H21BrCl2N2O3S. The molecule has 0 radical (unpaired) electrons. The summed E-state index contributed by atoms with van der Waals surface area (Å²) in [5, 5.41) is 0.710. The van der Waals surface area contributed by atoms with Gasteiger partial charge in [0, 0.05) is 24.1 Å². The number of hydrogen-bond donors (Lipinski definition) is 0.